The van der Waals surface area contributed by atoms with Crippen molar-refractivity contribution in [3.05, 3.63) is 11.5 Å². The number of ether oxygens (including phenoxy) is 1. The van der Waals surface area contributed by atoms with E-state index < -0.39 is 36.0 Å². The number of aliphatic hydroxyl groups excluding tert-OH is 4. The molecule has 0 bridgehead atoms. The van der Waals surface area contributed by atoms with Crippen LogP contribution in [0.5, 0.6) is 0 Å². The molecule has 0 fully saturated rings. The zero-order valence-corrected chi connectivity index (χ0v) is 6.28. The van der Waals surface area contributed by atoms with E-state index in [1.165, 1.54) is 0 Å². The number of carboxylic acid groups (broad SMARTS) is 1. The Morgan fingerprint density at radius 2 is 1.77 bits per heavy atom. The maximum Gasteiger partial charge on any atom is 0.336 e. The highest BCUT2D eigenvalue weighted by Crippen LogP contribution is 2.21. The average molecular weight is 192 g/mol. The van der Waals surface area contributed by atoms with Gasteiger partial charge in [0.1, 0.15) is 0 Å². The van der Waals surface area contributed by atoms with Gasteiger partial charge < -0.3 is 30.3 Å². The van der Waals surface area contributed by atoms with Crippen LogP contribution in [0.25, 0.3) is 0 Å². The van der Waals surface area contributed by atoms with Crippen LogP contribution in [0.15, 0.2) is 11.5 Å². The summed E-state index contributed by atoms with van der Waals surface area (Å²) in [5.41, 5.74) is 0. The molecule has 1 aliphatic heterocycles. The Balaban J connectivity index is 2.95. The van der Waals surface area contributed by atoms with Gasteiger partial charge in [0.05, 0.1) is 0 Å². The molecular weight excluding hydrogens is 184 g/mol. The Kier molecular flexibility index (Phi) is 2.41. The Bertz CT molecular complexity index is 258. The molecule has 0 saturated carbocycles. The highest BCUT2D eigenvalue weighted by molar-refractivity contribution is 5.74. The molecule has 0 aromatic heterocycles. The van der Waals surface area contributed by atoms with Crippen molar-refractivity contribution in [3.63, 3.8) is 0 Å². The van der Waals surface area contributed by atoms with Crippen LogP contribution in [0.3, 0.4) is 0 Å². The number of carbonyl (C=O) groups is 1. The molecule has 0 radical (unpaired) electrons. The minimum atomic E-state index is -1.93. The van der Waals surface area contributed by atoms with Gasteiger partial charge in [-0.2, -0.15) is 0 Å². The summed E-state index contributed by atoms with van der Waals surface area (Å²) in [5.74, 6) is -3.53. The molecular formula is C6H8O7. The lowest BCUT2D eigenvalue weighted by Gasteiger charge is -2.27. The van der Waals surface area contributed by atoms with Crippen LogP contribution in [0.2, 0.25) is 0 Å². The monoisotopic (exact) mass is 192 g/mol. The molecule has 0 amide bonds. The van der Waals surface area contributed by atoms with Crippen molar-refractivity contribution in [2.24, 2.45) is 0 Å². The fourth-order valence-corrected chi connectivity index (χ4v) is 0.892. The third-order valence-corrected chi connectivity index (χ3v) is 1.58. The van der Waals surface area contributed by atoms with Crippen molar-refractivity contribution < 1.29 is 35.1 Å². The van der Waals surface area contributed by atoms with E-state index >= 15 is 0 Å². The highest BCUT2D eigenvalue weighted by Gasteiger charge is 2.40. The molecule has 0 aromatic rings. The highest BCUT2D eigenvalue weighted by atomic mass is 16.6. The molecule has 13 heavy (non-hydrogen) atoms. The molecule has 3 unspecified atom stereocenters. The molecule has 1 heterocycles. The van der Waals surface area contributed by atoms with Gasteiger partial charge in [-0.1, -0.05) is 0 Å². The van der Waals surface area contributed by atoms with Crippen molar-refractivity contribution in [3.8, 4) is 0 Å². The summed E-state index contributed by atoms with van der Waals surface area (Å²) < 4.78 is 4.28. The number of hydrogen-bond donors (Lipinski definition) is 5. The van der Waals surface area contributed by atoms with Gasteiger partial charge in [-0.3, -0.25) is 0 Å². The second-order valence-corrected chi connectivity index (χ2v) is 2.46. The van der Waals surface area contributed by atoms with E-state index in [9.17, 15) is 4.79 Å². The SMILES string of the molecule is O=C(O)C1OC(O)C(O)=C(O)C1O. The number of carboxylic acids is 1. The molecule has 0 aliphatic carbocycles. The van der Waals surface area contributed by atoms with Gasteiger partial charge in [0, 0.05) is 0 Å². The summed E-state index contributed by atoms with van der Waals surface area (Å²) in [6.45, 7) is 0. The largest absolute Gasteiger partial charge is 0.506 e. The molecule has 0 spiro atoms. The quantitative estimate of drug-likeness (QED) is 0.341. The molecule has 0 saturated heterocycles. The van der Waals surface area contributed by atoms with Gasteiger partial charge in [-0.25, -0.2) is 4.79 Å². The fourth-order valence-electron chi connectivity index (χ4n) is 0.892. The maximum atomic E-state index is 10.4. The smallest absolute Gasteiger partial charge is 0.336 e. The minimum Gasteiger partial charge on any atom is -0.506 e. The molecule has 0 aromatic carbocycles. The van der Waals surface area contributed by atoms with Crippen LogP contribution in [0.1, 0.15) is 0 Å². The van der Waals surface area contributed by atoms with Gasteiger partial charge in [0.15, 0.2) is 23.7 Å². The molecule has 74 valence electrons. The van der Waals surface area contributed by atoms with Gasteiger partial charge in [-0.15, -0.1) is 0 Å². The number of hydrogen-bond acceptors (Lipinski definition) is 6. The topological polar surface area (TPSA) is 127 Å². The third kappa shape index (κ3) is 1.57. The summed E-state index contributed by atoms with van der Waals surface area (Å²) in [4.78, 5) is 10.4. The Labute approximate surface area is 72.1 Å². The summed E-state index contributed by atoms with van der Waals surface area (Å²) >= 11 is 0. The third-order valence-electron chi connectivity index (χ3n) is 1.58. The summed E-state index contributed by atoms with van der Waals surface area (Å²) in [7, 11) is 0. The van der Waals surface area contributed by atoms with Crippen LogP contribution in [-0.2, 0) is 9.53 Å². The zero-order chi connectivity index (χ0) is 10.2. The van der Waals surface area contributed by atoms with Crippen LogP contribution in [0, 0.1) is 0 Å². The number of aliphatic carboxylic acids is 1. The van der Waals surface area contributed by atoms with Crippen molar-refractivity contribution in [1.29, 1.82) is 0 Å². The minimum absolute atomic E-state index is 0.981. The van der Waals surface area contributed by atoms with Crippen LogP contribution in [0.4, 0.5) is 0 Å². The van der Waals surface area contributed by atoms with Crippen LogP contribution in [-0.4, -0.2) is 50.0 Å². The first-order valence-corrected chi connectivity index (χ1v) is 3.31. The Morgan fingerprint density at radius 1 is 1.23 bits per heavy atom. The molecule has 7 nitrogen and oxygen atoms in total. The normalized spacial score (nSPS) is 34.8. The molecule has 5 N–H and O–H groups in total. The van der Waals surface area contributed by atoms with Gasteiger partial charge >= 0.3 is 5.97 Å². The van der Waals surface area contributed by atoms with E-state index in [1.54, 1.807) is 0 Å². The summed E-state index contributed by atoms with van der Waals surface area (Å²) in [6.07, 6.45) is -5.59. The van der Waals surface area contributed by atoms with Crippen LogP contribution >= 0.6 is 0 Å². The second kappa shape index (κ2) is 3.21. The van der Waals surface area contributed by atoms with Gasteiger partial charge in [0.25, 0.3) is 0 Å². The van der Waals surface area contributed by atoms with E-state index in [0.717, 1.165) is 0 Å². The average Bonchev–Trinajstić information content (AvgIpc) is 2.07. The Hall–Kier alpha value is -1.31. The standard InChI is InChI=1S/C6H8O7/c7-1-2(8)4(5(10)11)13-6(12)3(1)9/h2,4,6-9,12H,(H,10,11). The van der Waals surface area contributed by atoms with Crippen molar-refractivity contribution in [1.82, 2.24) is 0 Å². The first-order chi connectivity index (χ1) is 5.95. The van der Waals surface area contributed by atoms with Gasteiger partial charge in [-0.05, 0) is 0 Å². The lowest BCUT2D eigenvalue weighted by Crippen LogP contribution is -2.45. The molecule has 7 heteroatoms. The molecule has 3 atom stereocenters. The maximum absolute atomic E-state index is 10.4. The van der Waals surface area contributed by atoms with E-state index in [0.29, 0.717) is 0 Å². The van der Waals surface area contributed by atoms with E-state index in [4.69, 9.17) is 25.5 Å². The lowest BCUT2D eigenvalue weighted by atomic mass is 10.1. The van der Waals surface area contributed by atoms with E-state index in [2.05, 4.69) is 4.74 Å². The van der Waals surface area contributed by atoms with Crippen LogP contribution < -0.4 is 0 Å². The predicted octanol–water partition coefficient (Wildman–Crippen LogP) is -1.52. The summed E-state index contributed by atoms with van der Waals surface area (Å²) in [6, 6.07) is 0. The van der Waals surface area contributed by atoms with Gasteiger partial charge in [0.2, 0.25) is 6.29 Å². The van der Waals surface area contributed by atoms with E-state index in [1.807, 2.05) is 0 Å². The predicted molar refractivity (Wildman–Crippen MR) is 36.8 cm³/mol. The summed E-state index contributed by atoms with van der Waals surface area (Å²) in [5, 5.41) is 44.0. The fraction of sp³-hybridized carbons (Fsp3) is 0.500. The zero-order valence-electron chi connectivity index (χ0n) is 6.28. The lowest BCUT2D eigenvalue weighted by molar-refractivity contribution is -0.198. The number of rotatable bonds is 1. The van der Waals surface area contributed by atoms with E-state index in [-0.39, 0.29) is 0 Å². The first kappa shape index (κ1) is 9.78. The van der Waals surface area contributed by atoms with Crippen molar-refractivity contribution in [2.75, 3.05) is 0 Å². The molecule has 1 rings (SSSR count). The number of aliphatic hydroxyl groups is 4. The first-order valence-electron chi connectivity index (χ1n) is 3.31. The van der Waals surface area contributed by atoms with Crippen molar-refractivity contribution >= 4 is 5.97 Å². The van der Waals surface area contributed by atoms with Crippen molar-refractivity contribution in [2.45, 2.75) is 18.5 Å². The second-order valence-electron chi connectivity index (χ2n) is 2.46. The molecule has 1 aliphatic rings. The Morgan fingerprint density at radius 3 is 2.23 bits per heavy atom.